The maximum absolute atomic E-state index is 13.0. The van der Waals surface area contributed by atoms with Gasteiger partial charge in [0.05, 0.1) is 17.6 Å². The molecule has 1 amide bonds. The Bertz CT molecular complexity index is 985. The van der Waals surface area contributed by atoms with Crippen LogP contribution >= 0.6 is 11.8 Å². The number of hydrogen-bond donors (Lipinski definition) is 1. The predicted octanol–water partition coefficient (Wildman–Crippen LogP) is 3.84. The van der Waals surface area contributed by atoms with Crippen molar-refractivity contribution in [1.29, 1.82) is 0 Å². The summed E-state index contributed by atoms with van der Waals surface area (Å²) in [4.78, 5) is 12.9. The minimum absolute atomic E-state index is 0.133. The zero-order valence-electron chi connectivity index (χ0n) is 18.1. The number of rotatable bonds is 9. The minimum Gasteiger partial charge on any atom is -0.496 e. The Morgan fingerprint density at radius 2 is 1.81 bits per heavy atom. The molecule has 8 heteroatoms. The fourth-order valence-electron chi connectivity index (χ4n) is 3.49. The summed E-state index contributed by atoms with van der Waals surface area (Å²) >= 11 is 1.74. The highest BCUT2D eigenvalue weighted by molar-refractivity contribution is 7.98. The molecule has 0 spiro atoms. The molecule has 0 bridgehead atoms. The van der Waals surface area contributed by atoms with E-state index in [1.807, 2.05) is 0 Å². The van der Waals surface area contributed by atoms with Crippen molar-refractivity contribution in [2.75, 3.05) is 32.5 Å². The van der Waals surface area contributed by atoms with E-state index in [1.54, 1.807) is 17.8 Å². The van der Waals surface area contributed by atoms with Gasteiger partial charge in [-0.05, 0) is 43.5 Å². The van der Waals surface area contributed by atoms with Crippen LogP contribution in [0, 0.1) is 6.92 Å². The lowest BCUT2D eigenvalue weighted by molar-refractivity contribution is 0.0953. The maximum Gasteiger partial charge on any atom is 0.255 e. The molecule has 1 fully saturated rings. The second-order valence-corrected chi connectivity index (χ2v) is 10.7. The normalized spacial score (nSPS) is 14.9. The Morgan fingerprint density at radius 3 is 2.48 bits per heavy atom. The zero-order valence-corrected chi connectivity index (χ0v) is 19.7. The van der Waals surface area contributed by atoms with Crippen LogP contribution in [0.25, 0.3) is 0 Å². The third kappa shape index (κ3) is 6.24. The minimum atomic E-state index is -3.61. The molecule has 0 aliphatic carbocycles. The molecule has 1 aliphatic heterocycles. The quantitative estimate of drug-likeness (QED) is 0.573. The first kappa shape index (κ1) is 23.6. The number of ether oxygens (including phenoxy) is 1. The van der Waals surface area contributed by atoms with E-state index in [4.69, 9.17) is 4.74 Å². The lowest BCUT2D eigenvalue weighted by Gasteiger charge is -2.26. The Balaban J connectivity index is 1.60. The largest absolute Gasteiger partial charge is 0.496 e. The number of methoxy groups -OCH3 is 1. The first-order valence-electron chi connectivity index (χ1n) is 10.5. The molecular weight excluding hydrogens is 432 g/mol. The number of benzene rings is 2. The molecule has 1 N–H and O–H groups in total. The van der Waals surface area contributed by atoms with Gasteiger partial charge in [-0.2, -0.15) is 16.1 Å². The van der Waals surface area contributed by atoms with Gasteiger partial charge in [-0.3, -0.25) is 4.79 Å². The monoisotopic (exact) mass is 462 g/mol. The van der Waals surface area contributed by atoms with Crippen molar-refractivity contribution in [3.63, 3.8) is 0 Å². The van der Waals surface area contributed by atoms with Gasteiger partial charge in [0.15, 0.2) is 0 Å². The number of thioether (sulfide) groups is 1. The Kier molecular flexibility index (Phi) is 8.40. The summed E-state index contributed by atoms with van der Waals surface area (Å²) in [6.07, 6.45) is 2.77. The van der Waals surface area contributed by atoms with Crippen LogP contribution in [0.2, 0.25) is 0 Å². The molecule has 0 atom stereocenters. The van der Waals surface area contributed by atoms with E-state index in [2.05, 4.69) is 36.5 Å². The van der Waals surface area contributed by atoms with Crippen LogP contribution in [0.3, 0.4) is 0 Å². The van der Waals surface area contributed by atoms with E-state index in [0.717, 1.165) is 30.8 Å². The summed E-state index contributed by atoms with van der Waals surface area (Å²) in [5, 5.41) is 2.88. The van der Waals surface area contributed by atoms with Crippen molar-refractivity contribution in [1.82, 2.24) is 9.62 Å². The molecule has 0 radical (unpaired) electrons. The van der Waals surface area contributed by atoms with Crippen LogP contribution in [0.1, 0.15) is 40.7 Å². The van der Waals surface area contributed by atoms with E-state index < -0.39 is 10.0 Å². The SMILES string of the molecule is COc1ccc(S(=O)(=O)N2CCCCC2)cc1C(=O)NCCSCc1ccc(C)cc1. The van der Waals surface area contributed by atoms with Gasteiger partial charge in [0.1, 0.15) is 5.75 Å². The van der Waals surface area contributed by atoms with E-state index in [-0.39, 0.29) is 16.4 Å². The zero-order chi connectivity index (χ0) is 22.3. The van der Waals surface area contributed by atoms with Crippen LogP contribution < -0.4 is 10.1 Å². The van der Waals surface area contributed by atoms with Crippen LogP contribution in [0.5, 0.6) is 5.75 Å². The summed E-state index contributed by atoms with van der Waals surface area (Å²) < 4.78 is 32.7. The lowest BCUT2D eigenvalue weighted by Crippen LogP contribution is -2.35. The van der Waals surface area contributed by atoms with Gasteiger partial charge in [0, 0.05) is 31.1 Å². The standard InChI is InChI=1S/C23H30N2O4S2/c1-18-6-8-19(9-7-18)17-30-15-12-24-23(26)21-16-20(10-11-22(21)29-2)31(27,28)25-13-4-3-5-14-25/h6-11,16H,3-5,12-15,17H2,1-2H3,(H,24,26). The highest BCUT2D eigenvalue weighted by Gasteiger charge is 2.27. The molecule has 168 valence electrons. The number of nitrogens with zero attached hydrogens (tertiary/aromatic N) is 1. The van der Waals surface area contributed by atoms with Crippen molar-refractivity contribution in [3.8, 4) is 5.75 Å². The number of carbonyl (C=O) groups excluding carboxylic acids is 1. The Hall–Kier alpha value is -2.03. The molecule has 1 aliphatic rings. The summed E-state index contributed by atoms with van der Waals surface area (Å²) in [7, 11) is -2.14. The van der Waals surface area contributed by atoms with Gasteiger partial charge in [0.25, 0.3) is 5.91 Å². The molecule has 0 saturated carbocycles. The number of nitrogens with one attached hydrogen (secondary N) is 1. The van der Waals surface area contributed by atoms with E-state index in [9.17, 15) is 13.2 Å². The third-order valence-corrected chi connectivity index (χ3v) is 8.21. The van der Waals surface area contributed by atoms with Crippen molar-refractivity contribution in [2.24, 2.45) is 0 Å². The molecule has 31 heavy (non-hydrogen) atoms. The summed E-state index contributed by atoms with van der Waals surface area (Å²) in [6, 6.07) is 12.9. The van der Waals surface area contributed by atoms with E-state index in [0.29, 0.717) is 25.4 Å². The Morgan fingerprint density at radius 1 is 1.10 bits per heavy atom. The fourth-order valence-corrected chi connectivity index (χ4v) is 5.85. The number of sulfonamides is 1. The first-order chi connectivity index (χ1) is 14.9. The highest BCUT2D eigenvalue weighted by atomic mass is 32.2. The second-order valence-electron chi connectivity index (χ2n) is 7.62. The fraction of sp³-hybridized carbons (Fsp3) is 0.435. The highest BCUT2D eigenvalue weighted by Crippen LogP contribution is 2.26. The first-order valence-corrected chi connectivity index (χ1v) is 13.1. The summed E-state index contributed by atoms with van der Waals surface area (Å²) in [5.74, 6) is 1.67. The van der Waals surface area contributed by atoms with Gasteiger partial charge < -0.3 is 10.1 Å². The average molecular weight is 463 g/mol. The van der Waals surface area contributed by atoms with Crippen molar-refractivity contribution >= 4 is 27.7 Å². The van der Waals surface area contributed by atoms with Crippen LogP contribution in [0.15, 0.2) is 47.4 Å². The average Bonchev–Trinajstić information content (AvgIpc) is 2.80. The van der Waals surface area contributed by atoms with Crippen molar-refractivity contribution in [3.05, 3.63) is 59.2 Å². The lowest BCUT2D eigenvalue weighted by atomic mass is 10.2. The molecular formula is C23H30N2O4S2. The van der Waals surface area contributed by atoms with Crippen LogP contribution in [0.4, 0.5) is 0 Å². The van der Waals surface area contributed by atoms with Gasteiger partial charge in [-0.1, -0.05) is 36.2 Å². The number of carbonyl (C=O) groups is 1. The Labute approximate surface area is 189 Å². The van der Waals surface area contributed by atoms with E-state index >= 15 is 0 Å². The van der Waals surface area contributed by atoms with Gasteiger partial charge in [-0.15, -0.1) is 0 Å². The smallest absolute Gasteiger partial charge is 0.255 e. The molecule has 3 rings (SSSR count). The number of amides is 1. The maximum atomic E-state index is 13.0. The van der Waals surface area contributed by atoms with Crippen molar-refractivity contribution < 1.29 is 17.9 Å². The number of hydrogen-bond acceptors (Lipinski definition) is 5. The molecule has 2 aromatic carbocycles. The summed E-state index contributed by atoms with van der Waals surface area (Å²) in [6.45, 7) is 3.59. The van der Waals surface area contributed by atoms with Gasteiger partial charge >= 0.3 is 0 Å². The number of piperidine rings is 1. The van der Waals surface area contributed by atoms with Gasteiger partial charge in [-0.25, -0.2) is 8.42 Å². The molecule has 6 nitrogen and oxygen atoms in total. The summed E-state index contributed by atoms with van der Waals surface area (Å²) in [5.41, 5.74) is 2.72. The molecule has 2 aromatic rings. The molecule has 1 heterocycles. The number of aryl methyl sites for hydroxylation is 1. The molecule has 0 aromatic heterocycles. The van der Waals surface area contributed by atoms with Crippen molar-refractivity contribution in [2.45, 2.75) is 36.8 Å². The topological polar surface area (TPSA) is 75.7 Å². The van der Waals surface area contributed by atoms with E-state index in [1.165, 1.54) is 34.7 Å². The molecule has 1 saturated heterocycles. The van der Waals surface area contributed by atoms with Crippen LogP contribution in [-0.4, -0.2) is 51.1 Å². The third-order valence-electron chi connectivity index (χ3n) is 5.29. The second kappa shape index (κ2) is 11.0. The van der Waals surface area contributed by atoms with Crippen LogP contribution in [-0.2, 0) is 15.8 Å². The molecule has 0 unspecified atom stereocenters. The van der Waals surface area contributed by atoms with Gasteiger partial charge in [0.2, 0.25) is 10.0 Å². The predicted molar refractivity (Wildman–Crippen MR) is 125 cm³/mol.